The summed E-state index contributed by atoms with van der Waals surface area (Å²) in [5.41, 5.74) is 10.9. The highest BCUT2D eigenvalue weighted by atomic mass is 19.1. The predicted molar refractivity (Wildman–Crippen MR) is 127 cm³/mol. The highest BCUT2D eigenvalue weighted by Crippen LogP contribution is 2.33. The summed E-state index contributed by atoms with van der Waals surface area (Å²) in [4.78, 5) is 7.37. The van der Waals surface area contributed by atoms with E-state index in [4.69, 9.17) is 5.73 Å². The fourth-order valence-electron chi connectivity index (χ4n) is 4.03. The number of nitrogens with two attached hydrogens (primary N) is 1. The number of nitrogens with one attached hydrogen (secondary N) is 2. The number of halogens is 1. The fourth-order valence-corrected chi connectivity index (χ4v) is 4.03. The molecule has 30 heavy (non-hydrogen) atoms. The van der Waals surface area contributed by atoms with Gasteiger partial charge in [0.1, 0.15) is 11.6 Å². The van der Waals surface area contributed by atoms with Gasteiger partial charge in [0.05, 0.1) is 12.0 Å². The maximum Gasteiger partial charge on any atom is 0.141 e. The number of aliphatic imine (C=N–C) groups is 1. The Bertz CT molecular complexity index is 764. The first-order valence-corrected chi connectivity index (χ1v) is 11.7. The molecule has 2 aliphatic carbocycles. The standard InChI is InChI=1S/C13H18N4.C10H15F.C2H6/c14-11(9-4-2-1-3-5-9)12-10-6-7-15-13(10)17-8-16-12;1-2-3-4-9-5-7-10(11)8-6-9;1-2/h6-9,15H,1-5,14H2,(H,16,17);5,7H,2-4,6,8H2,1H3;1-2H3/b12-11-;;. The predicted octanol–water partition coefficient (Wildman–Crippen LogP) is 7.26. The molecule has 4 nitrogen and oxygen atoms in total. The second kappa shape index (κ2) is 13.1. The first-order valence-electron chi connectivity index (χ1n) is 11.7. The number of allylic oxidation sites excluding steroid dienone is 5. The maximum atomic E-state index is 12.5. The van der Waals surface area contributed by atoms with Gasteiger partial charge in [-0.3, -0.25) is 0 Å². The average Bonchev–Trinajstić information content (AvgIpc) is 3.30. The SMILES string of the molecule is CC.CCCCC1=CC=C(F)CC1.N/C(=C1\NC=Nc2[nH]ccc21)C1CCCCC1. The van der Waals surface area contributed by atoms with Gasteiger partial charge in [-0.05, 0) is 44.2 Å². The lowest BCUT2D eigenvalue weighted by atomic mass is 9.85. The van der Waals surface area contributed by atoms with Gasteiger partial charge >= 0.3 is 0 Å². The molecule has 0 bridgehead atoms. The van der Waals surface area contributed by atoms with Crippen molar-refractivity contribution in [3.63, 3.8) is 0 Å². The number of hydrogen-bond acceptors (Lipinski definition) is 3. The largest absolute Gasteiger partial charge is 0.400 e. The van der Waals surface area contributed by atoms with E-state index in [2.05, 4.69) is 22.2 Å². The minimum absolute atomic E-state index is 0.0326. The lowest BCUT2D eigenvalue weighted by molar-refractivity contribution is 0.400. The van der Waals surface area contributed by atoms with E-state index in [1.54, 1.807) is 12.4 Å². The lowest BCUT2D eigenvalue weighted by Crippen LogP contribution is -2.24. The minimum Gasteiger partial charge on any atom is -0.400 e. The van der Waals surface area contributed by atoms with Crippen molar-refractivity contribution in [3.05, 3.63) is 47.1 Å². The summed E-state index contributed by atoms with van der Waals surface area (Å²) >= 11 is 0. The van der Waals surface area contributed by atoms with Crippen molar-refractivity contribution < 1.29 is 4.39 Å². The van der Waals surface area contributed by atoms with Crippen molar-refractivity contribution >= 4 is 17.9 Å². The van der Waals surface area contributed by atoms with E-state index < -0.39 is 0 Å². The Balaban J connectivity index is 0.000000215. The Labute approximate surface area is 181 Å². The third kappa shape index (κ3) is 6.89. The number of fused-ring (bicyclic) bond motifs is 1. The van der Waals surface area contributed by atoms with Crippen LogP contribution in [0.3, 0.4) is 0 Å². The lowest BCUT2D eigenvalue weighted by Gasteiger charge is -2.25. The number of rotatable bonds is 4. The van der Waals surface area contributed by atoms with E-state index in [9.17, 15) is 4.39 Å². The molecule has 0 aromatic carbocycles. The van der Waals surface area contributed by atoms with Gasteiger partial charge in [0.2, 0.25) is 0 Å². The van der Waals surface area contributed by atoms with Gasteiger partial charge in [0, 0.05) is 29.8 Å². The normalized spacial score (nSPS) is 19.7. The zero-order valence-electron chi connectivity index (χ0n) is 18.9. The van der Waals surface area contributed by atoms with Crippen LogP contribution in [0.25, 0.3) is 5.70 Å². The van der Waals surface area contributed by atoms with Crippen LogP contribution in [0.15, 0.2) is 46.5 Å². The van der Waals surface area contributed by atoms with E-state index in [0.717, 1.165) is 35.6 Å². The second-order valence-corrected chi connectivity index (χ2v) is 7.85. The molecule has 2 heterocycles. The molecule has 4 rings (SSSR count). The first-order chi connectivity index (χ1) is 14.7. The van der Waals surface area contributed by atoms with Gasteiger partial charge in [0.15, 0.2) is 0 Å². The van der Waals surface area contributed by atoms with Gasteiger partial charge in [-0.25, -0.2) is 9.38 Å². The molecule has 1 aromatic rings. The van der Waals surface area contributed by atoms with E-state index in [1.807, 2.05) is 32.2 Å². The molecule has 1 aromatic heterocycles. The summed E-state index contributed by atoms with van der Waals surface area (Å²) < 4.78 is 12.5. The van der Waals surface area contributed by atoms with Crippen molar-refractivity contribution in [1.82, 2.24) is 10.3 Å². The van der Waals surface area contributed by atoms with E-state index in [-0.39, 0.29) is 5.83 Å². The van der Waals surface area contributed by atoms with Crippen molar-refractivity contribution in [2.45, 2.75) is 85.0 Å². The second-order valence-electron chi connectivity index (χ2n) is 7.85. The molecule has 166 valence electrons. The van der Waals surface area contributed by atoms with E-state index >= 15 is 0 Å². The molecule has 5 heteroatoms. The Morgan fingerprint density at radius 3 is 2.60 bits per heavy atom. The summed E-state index contributed by atoms with van der Waals surface area (Å²) in [5, 5.41) is 3.20. The number of aromatic nitrogens is 1. The molecule has 0 saturated heterocycles. The molecule has 4 N–H and O–H groups in total. The highest BCUT2D eigenvalue weighted by molar-refractivity contribution is 5.87. The third-order valence-corrected chi connectivity index (χ3v) is 5.77. The molecule has 1 aliphatic heterocycles. The van der Waals surface area contributed by atoms with E-state index in [0.29, 0.717) is 12.3 Å². The number of H-pyrrole nitrogens is 1. The summed E-state index contributed by atoms with van der Waals surface area (Å²) in [6, 6.07) is 2.03. The monoisotopic (exact) mass is 414 g/mol. The Morgan fingerprint density at radius 1 is 1.17 bits per heavy atom. The fraction of sp³-hybridized carbons (Fsp3) is 0.560. The van der Waals surface area contributed by atoms with Crippen molar-refractivity contribution in [2.75, 3.05) is 0 Å². The number of unbranched alkanes of at least 4 members (excludes halogenated alkanes) is 1. The average molecular weight is 415 g/mol. The van der Waals surface area contributed by atoms with Crippen LogP contribution >= 0.6 is 0 Å². The molecule has 0 spiro atoms. The molecule has 0 unspecified atom stereocenters. The molecule has 1 fully saturated rings. The topological polar surface area (TPSA) is 66.2 Å². The molecular weight excluding hydrogens is 375 g/mol. The molecule has 0 amide bonds. The van der Waals surface area contributed by atoms with Crippen LogP contribution in [-0.2, 0) is 0 Å². The Morgan fingerprint density at radius 2 is 1.93 bits per heavy atom. The zero-order valence-corrected chi connectivity index (χ0v) is 18.9. The Kier molecular flexibility index (Phi) is 10.5. The first kappa shape index (κ1) is 24.0. The van der Waals surface area contributed by atoms with Gasteiger partial charge < -0.3 is 16.0 Å². The van der Waals surface area contributed by atoms with Gasteiger partial charge in [-0.15, -0.1) is 0 Å². The maximum absolute atomic E-state index is 12.5. The number of aromatic amines is 1. The van der Waals surface area contributed by atoms with Gasteiger partial charge in [0.25, 0.3) is 0 Å². The molecule has 0 atom stereocenters. The van der Waals surface area contributed by atoms with Crippen LogP contribution in [0.4, 0.5) is 10.2 Å². The van der Waals surface area contributed by atoms with Crippen LogP contribution in [-0.4, -0.2) is 11.3 Å². The zero-order chi connectivity index (χ0) is 21.8. The van der Waals surface area contributed by atoms with Crippen molar-refractivity contribution in [2.24, 2.45) is 16.6 Å². The summed E-state index contributed by atoms with van der Waals surface area (Å²) in [7, 11) is 0. The summed E-state index contributed by atoms with van der Waals surface area (Å²) in [5.74, 6) is 1.46. The van der Waals surface area contributed by atoms with Crippen LogP contribution in [0.2, 0.25) is 0 Å². The quantitative estimate of drug-likeness (QED) is 0.485. The van der Waals surface area contributed by atoms with Crippen LogP contribution < -0.4 is 11.1 Å². The van der Waals surface area contributed by atoms with Crippen LogP contribution in [0.5, 0.6) is 0 Å². The number of hydrogen-bond donors (Lipinski definition) is 3. The van der Waals surface area contributed by atoms with E-state index in [1.165, 1.54) is 50.5 Å². The summed E-state index contributed by atoms with van der Waals surface area (Å²) in [6.07, 6.45) is 18.7. The smallest absolute Gasteiger partial charge is 0.141 e. The molecule has 1 saturated carbocycles. The highest BCUT2D eigenvalue weighted by Gasteiger charge is 2.22. The minimum atomic E-state index is 0.0326. The van der Waals surface area contributed by atoms with Crippen molar-refractivity contribution in [1.29, 1.82) is 0 Å². The van der Waals surface area contributed by atoms with Crippen molar-refractivity contribution in [3.8, 4) is 0 Å². The van der Waals surface area contributed by atoms with Crippen LogP contribution in [0.1, 0.15) is 90.5 Å². The molecule has 3 aliphatic rings. The molecule has 0 radical (unpaired) electrons. The van der Waals surface area contributed by atoms with Gasteiger partial charge in [-0.2, -0.15) is 0 Å². The third-order valence-electron chi connectivity index (χ3n) is 5.77. The summed E-state index contributed by atoms with van der Waals surface area (Å²) in [6.45, 7) is 6.18. The van der Waals surface area contributed by atoms with Gasteiger partial charge in [-0.1, -0.05) is 58.1 Å². The van der Waals surface area contributed by atoms with Crippen LogP contribution in [0, 0.1) is 5.92 Å². The Hall–Kier alpha value is -2.30. The molecular formula is C25H39FN4. The number of nitrogens with zero attached hydrogens (tertiary/aromatic N) is 1.